The van der Waals surface area contributed by atoms with Gasteiger partial charge in [0.05, 0.1) is 0 Å². The van der Waals surface area contributed by atoms with Gasteiger partial charge < -0.3 is 5.73 Å². The Morgan fingerprint density at radius 2 is 1.82 bits per heavy atom. The van der Waals surface area contributed by atoms with Gasteiger partial charge in [0.1, 0.15) is 0 Å². The van der Waals surface area contributed by atoms with E-state index in [1.165, 1.54) is 0 Å². The fraction of sp³-hybridized carbons (Fsp3) is 1.00. The van der Waals surface area contributed by atoms with Crippen LogP contribution in [0.25, 0.3) is 0 Å². The predicted molar refractivity (Wildman–Crippen MR) is 60.5 cm³/mol. The highest BCUT2D eigenvalue weighted by atomic mass is 19.4. The lowest BCUT2D eigenvalue weighted by atomic mass is 9.79. The molecule has 0 aromatic heterocycles. The van der Waals surface area contributed by atoms with Gasteiger partial charge in [-0.2, -0.15) is 13.2 Å². The molecule has 0 aromatic rings. The van der Waals surface area contributed by atoms with Crippen molar-refractivity contribution in [3.63, 3.8) is 0 Å². The number of likely N-dealkylation sites (tertiary alicyclic amines) is 1. The van der Waals surface area contributed by atoms with Crippen LogP contribution < -0.4 is 5.73 Å². The molecule has 2 nitrogen and oxygen atoms in total. The summed E-state index contributed by atoms with van der Waals surface area (Å²) in [7, 11) is 0. The van der Waals surface area contributed by atoms with E-state index in [9.17, 15) is 13.2 Å². The molecule has 2 fully saturated rings. The molecule has 17 heavy (non-hydrogen) atoms. The molecule has 2 aliphatic rings. The van der Waals surface area contributed by atoms with Crippen molar-refractivity contribution >= 4 is 0 Å². The second-order valence-corrected chi connectivity index (χ2v) is 5.87. The van der Waals surface area contributed by atoms with E-state index >= 15 is 0 Å². The highest BCUT2D eigenvalue weighted by Crippen LogP contribution is 2.36. The normalized spacial score (nSPS) is 40.1. The molecule has 1 saturated heterocycles. The van der Waals surface area contributed by atoms with Gasteiger partial charge in [-0.3, -0.25) is 4.90 Å². The van der Waals surface area contributed by atoms with E-state index in [4.69, 9.17) is 5.73 Å². The van der Waals surface area contributed by atoms with Crippen molar-refractivity contribution in [3.8, 4) is 0 Å². The molecule has 1 aliphatic carbocycles. The van der Waals surface area contributed by atoms with Crippen LogP contribution in [0, 0.1) is 11.8 Å². The lowest BCUT2D eigenvalue weighted by Crippen LogP contribution is -2.54. The minimum atomic E-state index is -4.06. The van der Waals surface area contributed by atoms with Crippen molar-refractivity contribution < 1.29 is 13.2 Å². The topological polar surface area (TPSA) is 29.3 Å². The van der Waals surface area contributed by atoms with Crippen molar-refractivity contribution in [2.75, 3.05) is 13.1 Å². The van der Waals surface area contributed by atoms with Gasteiger partial charge in [0.2, 0.25) is 0 Å². The maximum atomic E-state index is 12.4. The van der Waals surface area contributed by atoms with Crippen molar-refractivity contribution in [3.05, 3.63) is 0 Å². The molecule has 2 atom stereocenters. The molecule has 2 rings (SSSR count). The Labute approximate surface area is 100 Å². The number of piperidine rings is 1. The third-order valence-corrected chi connectivity index (χ3v) is 3.98. The monoisotopic (exact) mass is 250 g/mol. The van der Waals surface area contributed by atoms with Crippen molar-refractivity contribution in [1.82, 2.24) is 4.90 Å². The molecular weight excluding hydrogens is 229 g/mol. The first-order valence-electron chi connectivity index (χ1n) is 6.40. The van der Waals surface area contributed by atoms with Gasteiger partial charge in [-0.1, -0.05) is 6.92 Å². The van der Waals surface area contributed by atoms with Crippen LogP contribution in [0.2, 0.25) is 0 Å². The summed E-state index contributed by atoms with van der Waals surface area (Å²) in [5.74, 6) is 0.411. The molecule has 2 unspecified atom stereocenters. The SMILES string of the molecule is CC1CC(N2CC(N)CC(CC(F)(F)F)C2)C1. The fourth-order valence-electron chi connectivity index (χ4n) is 3.22. The first kappa shape index (κ1) is 13.1. The molecule has 5 heteroatoms. The molecule has 0 bridgehead atoms. The zero-order valence-electron chi connectivity index (χ0n) is 10.2. The molecule has 1 aliphatic heterocycles. The van der Waals surface area contributed by atoms with E-state index in [-0.39, 0.29) is 12.0 Å². The zero-order chi connectivity index (χ0) is 12.6. The standard InChI is InChI=1S/C12H21F3N2/c1-8-2-11(3-8)17-6-9(4-10(16)7-17)5-12(13,14)15/h8-11H,2-7,16H2,1H3. The summed E-state index contributed by atoms with van der Waals surface area (Å²) in [6.07, 6.45) is -1.99. The van der Waals surface area contributed by atoms with Crippen LogP contribution in [0.4, 0.5) is 13.2 Å². The number of halogens is 3. The molecular formula is C12H21F3N2. The van der Waals surface area contributed by atoms with Gasteiger partial charge in [-0.25, -0.2) is 0 Å². The Kier molecular flexibility index (Phi) is 3.69. The van der Waals surface area contributed by atoms with Crippen LogP contribution in [0.15, 0.2) is 0 Å². The van der Waals surface area contributed by atoms with Gasteiger partial charge in [0.15, 0.2) is 0 Å². The van der Waals surface area contributed by atoms with Gasteiger partial charge in [-0.05, 0) is 31.1 Å². The summed E-state index contributed by atoms with van der Waals surface area (Å²) in [5, 5.41) is 0. The summed E-state index contributed by atoms with van der Waals surface area (Å²) < 4.78 is 37.2. The summed E-state index contributed by atoms with van der Waals surface area (Å²) in [6, 6.07) is 0.388. The zero-order valence-corrected chi connectivity index (χ0v) is 10.2. The predicted octanol–water partition coefficient (Wildman–Crippen LogP) is 2.39. The number of rotatable bonds is 2. The smallest absolute Gasteiger partial charge is 0.327 e. The Balaban J connectivity index is 1.88. The average Bonchev–Trinajstić information content (AvgIpc) is 2.08. The largest absolute Gasteiger partial charge is 0.389 e. The Morgan fingerprint density at radius 1 is 1.18 bits per heavy atom. The lowest BCUT2D eigenvalue weighted by Gasteiger charge is -2.47. The first-order valence-corrected chi connectivity index (χ1v) is 6.40. The van der Waals surface area contributed by atoms with Crippen LogP contribution in [0.3, 0.4) is 0 Å². The van der Waals surface area contributed by atoms with E-state index in [0.29, 0.717) is 19.0 Å². The molecule has 1 heterocycles. The van der Waals surface area contributed by atoms with Crippen molar-refractivity contribution in [2.45, 2.75) is 50.9 Å². The van der Waals surface area contributed by atoms with Gasteiger partial charge in [-0.15, -0.1) is 0 Å². The number of nitrogens with zero attached hydrogens (tertiary/aromatic N) is 1. The molecule has 0 radical (unpaired) electrons. The molecule has 0 aromatic carbocycles. The summed E-state index contributed by atoms with van der Waals surface area (Å²) in [6.45, 7) is 3.53. The Hall–Kier alpha value is -0.290. The van der Waals surface area contributed by atoms with Crippen LogP contribution in [0.5, 0.6) is 0 Å². The van der Waals surface area contributed by atoms with Gasteiger partial charge in [0, 0.05) is 31.6 Å². The minimum Gasteiger partial charge on any atom is -0.327 e. The van der Waals surface area contributed by atoms with Crippen LogP contribution in [-0.2, 0) is 0 Å². The average molecular weight is 250 g/mol. The molecule has 2 N–H and O–H groups in total. The third-order valence-electron chi connectivity index (χ3n) is 3.98. The van der Waals surface area contributed by atoms with Crippen LogP contribution >= 0.6 is 0 Å². The highest BCUT2D eigenvalue weighted by molar-refractivity contribution is 4.91. The van der Waals surface area contributed by atoms with Crippen LogP contribution in [-0.4, -0.2) is 36.2 Å². The Morgan fingerprint density at radius 3 is 2.35 bits per heavy atom. The number of alkyl halides is 3. The van der Waals surface area contributed by atoms with Gasteiger partial charge >= 0.3 is 6.18 Å². The molecule has 0 amide bonds. The summed E-state index contributed by atoms with van der Waals surface area (Å²) >= 11 is 0. The van der Waals surface area contributed by atoms with E-state index in [1.807, 2.05) is 0 Å². The van der Waals surface area contributed by atoms with Crippen molar-refractivity contribution in [2.24, 2.45) is 17.6 Å². The number of nitrogens with two attached hydrogens (primary N) is 1. The van der Waals surface area contributed by atoms with E-state index < -0.39 is 12.6 Å². The number of hydrogen-bond acceptors (Lipinski definition) is 2. The molecule has 1 saturated carbocycles. The second-order valence-electron chi connectivity index (χ2n) is 5.87. The molecule has 100 valence electrons. The first-order chi connectivity index (χ1) is 7.83. The van der Waals surface area contributed by atoms with Crippen LogP contribution in [0.1, 0.15) is 32.6 Å². The van der Waals surface area contributed by atoms with E-state index in [2.05, 4.69) is 11.8 Å². The second kappa shape index (κ2) is 4.76. The maximum Gasteiger partial charge on any atom is 0.389 e. The van der Waals surface area contributed by atoms with E-state index in [1.54, 1.807) is 0 Å². The Bertz CT molecular complexity index is 261. The lowest BCUT2D eigenvalue weighted by molar-refractivity contribution is -0.150. The van der Waals surface area contributed by atoms with E-state index in [0.717, 1.165) is 25.3 Å². The van der Waals surface area contributed by atoms with Crippen molar-refractivity contribution in [1.29, 1.82) is 0 Å². The fourth-order valence-corrected chi connectivity index (χ4v) is 3.22. The quantitative estimate of drug-likeness (QED) is 0.815. The maximum absolute atomic E-state index is 12.4. The summed E-state index contributed by atoms with van der Waals surface area (Å²) in [5.41, 5.74) is 5.88. The summed E-state index contributed by atoms with van der Waals surface area (Å²) in [4.78, 5) is 2.19. The highest BCUT2D eigenvalue weighted by Gasteiger charge is 2.39. The van der Waals surface area contributed by atoms with Gasteiger partial charge in [0.25, 0.3) is 0 Å². The number of hydrogen-bond donors (Lipinski definition) is 1. The minimum absolute atomic E-state index is 0.0907. The third kappa shape index (κ3) is 3.58. The molecule has 0 spiro atoms.